The van der Waals surface area contributed by atoms with Gasteiger partial charge in [-0.05, 0) is 36.1 Å². The standard InChI is InChI=1S/C21H16F3N3O/c1-13-9-16(12-25-11-13)19-26-20(28-27-19)15-7-8-17(14-5-3-2-4-6-14)18(10-15)21(22,23)24/h2-9,11-12,18H,10H2,1H3. The minimum absolute atomic E-state index is 0.0918. The van der Waals surface area contributed by atoms with Crippen LogP contribution in [-0.2, 0) is 0 Å². The molecule has 1 aliphatic rings. The van der Waals surface area contributed by atoms with Crippen molar-refractivity contribution >= 4 is 11.1 Å². The molecule has 7 heteroatoms. The number of aryl methyl sites for hydroxylation is 1. The first-order valence-electron chi connectivity index (χ1n) is 8.71. The van der Waals surface area contributed by atoms with Crippen molar-refractivity contribution in [2.75, 3.05) is 0 Å². The number of alkyl halides is 3. The highest BCUT2D eigenvalue weighted by atomic mass is 19.4. The molecule has 0 saturated heterocycles. The molecule has 1 aromatic carbocycles. The van der Waals surface area contributed by atoms with Crippen LogP contribution in [0.25, 0.3) is 22.5 Å². The molecule has 0 amide bonds. The van der Waals surface area contributed by atoms with Crippen LogP contribution in [0.2, 0.25) is 0 Å². The number of pyridine rings is 1. The van der Waals surface area contributed by atoms with Gasteiger partial charge in [0.1, 0.15) is 0 Å². The van der Waals surface area contributed by atoms with Crippen LogP contribution < -0.4 is 0 Å². The molecule has 0 fully saturated rings. The van der Waals surface area contributed by atoms with Gasteiger partial charge < -0.3 is 4.52 Å². The fraction of sp³-hybridized carbons (Fsp3) is 0.190. The Labute approximate surface area is 159 Å². The summed E-state index contributed by atoms with van der Waals surface area (Å²) in [6.45, 7) is 1.88. The Bertz CT molecular complexity index is 1050. The Morgan fingerprint density at radius 3 is 2.54 bits per heavy atom. The van der Waals surface area contributed by atoms with Gasteiger partial charge in [0.25, 0.3) is 5.89 Å². The summed E-state index contributed by atoms with van der Waals surface area (Å²) in [5.41, 5.74) is 2.73. The third-order valence-electron chi connectivity index (χ3n) is 4.60. The van der Waals surface area contributed by atoms with Crippen LogP contribution in [0.5, 0.6) is 0 Å². The van der Waals surface area contributed by atoms with Gasteiger partial charge in [0.05, 0.1) is 5.92 Å². The van der Waals surface area contributed by atoms with Crippen LogP contribution in [0.1, 0.15) is 23.4 Å². The molecule has 1 unspecified atom stereocenters. The molecular formula is C21H16F3N3O. The molecule has 1 atom stereocenters. The van der Waals surface area contributed by atoms with Gasteiger partial charge in [-0.1, -0.05) is 47.6 Å². The smallest absolute Gasteiger partial charge is 0.334 e. The molecule has 0 aliphatic heterocycles. The van der Waals surface area contributed by atoms with Crippen molar-refractivity contribution in [1.29, 1.82) is 0 Å². The molecule has 0 saturated carbocycles. The topological polar surface area (TPSA) is 51.8 Å². The minimum Gasteiger partial charge on any atom is -0.334 e. The number of aromatic nitrogens is 3. The summed E-state index contributed by atoms with van der Waals surface area (Å²) in [5.74, 6) is -1.24. The Kier molecular flexibility index (Phi) is 4.58. The maximum absolute atomic E-state index is 13.7. The molecule has 1 aliphatic carbocycles. The Morgan fingerprint density at radius 1 is 1.04 bits per heavy atom. The second kappa shape index (κ2) is 7.07. The third-order valence-corrected chi connectivity index (χ3v) is 4.60. The maximum Gasteiger partial charge on any atom is 0.396 e. The summed E-state index contributed by atoms with van der Waals surface area (Å²) in [6.07, 6.45) is 1.75. The van der Waals surface area contributed by atoms with Crippen molar-refractivity contribution in [2.45, 2.75) is 19.5 Å². The van der Waals surface area contributed by atoms with Gasteiger partial charge in [0.15, 0.2) is 0 Å². The quantitative estimate of drug-likeness (QED) is 0.600. The van der Waals surface area contributed by atoms with E-state index in [1.807, 2.05) is 13.0 Å². The fourth-order valence-corrected chi connectivity index (χ4v) is 3.23. The number of allylic oxidation sites excluding steroid dienone is 4. The lowest BCUT2D eigenvalue weighted by atomic mass is 9.83. The Hall–Kier alpha value is -3.22. The van der Waals surface area contributed by atoms with E-state index in [0.29, 0.717) is 22.5 Å². The third kappa shape index (κ3) is 3.60. The van der Waals surface area contributed by atoms with Crippen LogP contribution in [0.15, 0.2) is 65.5 Å². The minimum atomic E-state index is -4.38. The highest BCUT2D eigenvalue weighted by molar-refractivity contribution is 5.78. The molecule has 28 heavy (non-hydrogen) atoms. The zero-order valence-electron chi connectivity index (χ0n) is 14.9. The normalized spacial score (nSPS) is 17.2. The van der Waals surface area contributed by atoms with Gasteiger partial charge in [-0.2, -0.15) is 18.2 Å². The lowest BCUT2D eigenvalue weighted by Crippen LogP contribution is -2.26. The molecule has 142 valence electrons. The van der Waals surface area contributed by atoms with Crippen LogP contribution in [0, 0.1) is 12.8 Å². The highest BCUT2D eigenvalue weighted by Crippen LogP contribution is 2.45. The summed E-state index contributed by atoms with van der Waals surface area (Å²) >= 11 is 0. The van der Waals surface area contributed by atoms with Crippen LogP contribution in [0.3, 0.4) is 0 Å². The highest BCUT2D eigenvalue weighted by Gasteiger charge is 2.44. The number of hydrogen-bond acceptors (Lipinski definition) is 4. The number of benzene rings is 1. The molecular weight excluding hydrogens is 367 g/mol. The molecule has 4 nitrogen and oxygen atoms in total. The lowest BCUT2D eigenvalue weighted by Gasteiger charge is -2.26. The maximum atomic E-state index is 13.7. The van der Waals surface area contributed by atoms with Crippen molar-refractivity contribution in [3.05, 3.63) is 78.0 Å². The van der Waals surface area contributed by atoms with E-state index in [4.69, 9.17) is 4.52 Å². The first-order chi connectivity index (χ1) is 13.4. The number of rotatable bonds is 3. The first kappa shape index (κ1) is 18.2. The first-order valence-corrected chi connectivity index (χ1v) is 8.71. The largest absolute Gasteiger partial charge is 0.396 e. The summed E-state index contributed by atoms with van der Waals surface area (Å²) in [7, 11) is 0. The van der Waals surface area contributed by atoms with Crippen LogP contribution in [0.4, 0.5) is 13.2 Å². The second-order valence-electron chi connectivity index (χ2n) is 6.65. The van der Waals surface area contributed by atoms with Crippen molar-refractivity contribution in [3.8, 4) is 11.4 Å². The molecule has 3 aromatic rings. The van der Waals surface area contributed by atoms with Crippen LogP contribution in [-0.4, -0.2) is 21.3 Å². The van der Waals surface area contributed by atoms with Gasteiger partial charge in [-0.15, -0.1) is 0 Å². The van der Waals surface area contributed by atoms with Gasteiger partial charge >= 0.3 is 6.18 Å². The monoisotopic (exact) mass is 383 g/mol. The predicted molar refractivity (Wildman–Crippen MR) is 98.8 cm³/mol. The van der Waals surface area contributed by atoms with Gasteiger partial charge in [-0.25, -0.2) is 0 Å². The summed E-state index contributed by atoms with van der Waals surface area (Å²) < 4.78 is 46.5. The second-order valence-corrected chi connectivity index (χ2v) is 6.65. The molecule has 0 bridgehead atoms. The van der Waals surface area contributed by atoms with E-state index < -0.39 is 12.1 Å². The molecule has 2 heterocycles. The lowest BCUT2D eigenvalue weighted by molar-refractivity contribution is -0.156. The van der Waals surface area contributed by atoms with Gasteiger partial charge in [0.2, 0.25) is 5.82 Å². The average Bonchev–Trinajstić information content (AvgIpc) is 3.18. The van der Waals surface area contributed by atoms with Crippen LogP contribution >= 0.6 is 0 Å². The predicted octanol–water partition coefficient (Wildman–Crippen LogP) is 5.49. The van der Waals surface area contributed by atoms with E-state index in [0.717, 1.165) is 5.56 Å². The molecule has 0 radical (unpaired) electrons. The zero-order valence-corrected chi connectivity index (χ0v) is 14.9. The molecule has 4 rings (SSSR count). The van der Waals surface area contributed by atoms with Gasteiger partial charge in [0, 0.05) is 23.5 Å². The van der Waals surface area contributed by atoms with Gasteiger partial charge in [-0.3, -0.25) is 4.98 Å². The SMILES string of the molecule is Cc1cncc(-c2noc(C3=CC=C(c4ccccc4)C(C(F)(F)F)C3)n2)c1. The number of nitrogens with zero attached hydrogens (tertiary/aromatic N) is 3. The summed E-state index contributed by atoms with van der Waals surface area (Å²) in [4.78, 5) is 8.35. The van der Waals surface area contributed by atoms with Crippen molar-refractivity contribution in [2.24, 2.45) is 5.92 Å². The van der Waals surface area contributed by atoms with E-state index in [2.05, 4.69) is 15.1 Å². The van der Waals surface area contributed by atoms with E-state index >= 15 is 0 Å². The van der Waals surface area contributed by atoms with E-state index in [1.165, 1.54) is 6.08 Å². The summed E-state index contributed by atoms with van der Waals surface area (Å²) in [6, 6.07) is 10.4. The summed E-state index contributed by atoms with van der Waals surface area (Å²) in [5, 5.41) is 3.90. The number of hydrogen-bond donors (Lipinski definition) is 0. The van der Waals surface area contributed by atoms with E-state index in [9.17, 15) is 13.2 Å². The average molecular weight is 383 g/mol. The van der Waals surface area contributed by atoms with Crippen molar-refractivity contribution in [1.82, 2.24) is 15.1 Å². The molecule has 2 aromatic heterocycles. The van der Waals surface area contributed by atoms with E-state index in [-0.39, 0.29) is 17.9 Å². The van der Waals surface area contributed by atoms with Crippen molar-refractivity contribution in [3.63, 3.8) is 0 Å². The van der Waals surface area contributed by atoms with Crippen molar-refractivity contribution < 1.29 is 17.7 Å². The molecule has 0 spiro atoms. The number of halogens is 3. The zero-order chi connectivity index (χ0) is 19.7. The Morgan fingerprint density at radius 2 is 1.82 bits per heavy atom. The fourth-order valence-electron chi connectivity index (χ4n) is 3.23. The Balaban J connectivity index is 1.69. The molecule has 0 N–H and O–H groups in total. The van der Waals surface area contributed by atoms with E-state index in [1.54, 1.807) is 48.8 Å².